The van der Waals surface area contributed by atoms with Gasteiger partial charge in [0.1, 0.15) is 5.82 Å². The maximum Gasteiger partial charge on any atom is 0.109 e. The van der Waals surface area contributed by atoms with Crippen molar-refractivity contribution in [3.05, 3.63) is 82.5 Å². The summed E-state index contributed by atoms with van der Waals surface area (Å²) >= 11 is 1.94. The molecule has 6 rings (SSSR count). The van der Waals surface area contributed by atoms with E-state index in [0.29, 0.717) is 5.92 Å². The zero-order chi connectivity index (χ0) is 24.3. The molecule has 2 aliphatic rings. The van der Waals surface area contributed by atoms with Crippen LogP contribution in [0.3, 0.4) is 0 Å². The van der Waals surface area contributed by atoms with E-state index in [9.17, 15) is 0 Å². The molecule has 35 heavy (non-hydrogen) atoms. The molecule has 178 valence electrons. The van der Waals surface area contributed by atoms with E-state index in [-0.39, 0.29) is 0 Å². The molecule has 0 bridgehead atoms. The van der Waals surface area contributed by atoms with Crippen LogP contribution in [-0.2, 0) is 19.3 Å². The number of allylic oxidation sites excluding steroid dienone is 2. The summed E-state index contributed by atoms with van der Waals surface area (Å²) in [6.07, 6.45) is 5.25. The molecular weight excluding hydrogens is 446 g/mol. The molecule has 0 radical (unpaired) electrons. The van der Waals surface area contributed by atoms with Crippen molar-refractivity contribution in [1.82, 2.24) is 15.3 Å². The van der Waals surface area contributed by atoms with E-state index in [1.165, 1.54) is 59.7 Å². The largest absolute Gasteiger partial charge is 0.359 e. The van der Waals surface area contributed by atoms with Gasteiger partial charge < -0.3 is 10.3 Å². The molecule has 0 atom stereocenters. The number of aromatic nitrogens is 2. The molecule has 3 nitrogen and oxygen atoms in total. The Kier molecular flexibility index (Phi) is 5.45. The summed E-state index contributed by atoms with van der Waals surface area (Å²) in [6.45, 7) is 13.0. The van der Waals surface area contributed by atoms with Crippen LogP contribution in [0.4, 0.5) is 0 Å². The van der Waals surface area contributed by atoms with Crippen molar-refractivity contribution in [3.63, 3.8) is 0 Å². The second-order valence-electron chi connectivity index (χ2n) is 10.3. The predicted octanol–water partition coefficient (Wildman–Crippen LogP) is 8.37. The molecular formula is C31H33N3S. The van der Waals surface area contributed by atoms with E-state index >= 15 is 0 Å². The SMILES string of the molecule is C=C(CC)NC1=C(C)CCc2cc(-c3cc4ccc5c(c4s3)CCc3[nH]c(C(C)C)nc3-5)ccc21. The third-order valence-corrected chi connectivity index (χ3v) is 8.86. The summed E-state index contributed by atoms with van der Waals surface area (Å²) in [4.78, 5) is 9.92. The summed E-state index contributed by atoms with van der Waals surface area (Å²) in [5.41, 5.74) is 13.1. The second-order valence-corrected chi connectivity index (χ2v) is 11.4. The fourth-order valence-corrected chi connectivity index (χ4v) is 6.67. The standard InChI is InChI=1S/C31H33N3S/c1-6-19(5)32-28-18(4)7-8-20-15-21(9-11-23(20)28)27-16-22-10-12-24-25(30(22)35-27)13-14-26-29(24)34-31(33-26)17(2)3/h9-12,15-17,32H,5-8,13-14H2,1-4H3,(H,33,34). The Bertz CT molecular complexity index is 1510. The molecule has 0 aliphatic heterocycles. The number of rotatable bonds is 5. The Hall–Kier alpha value is -3.11. The molecule has 0 spiro atoms. The monoisotopic (exact) mass is 479 g/mol. The number of nitrogens with zero attached hydrogens (tertiary/aromatic N) is 1. The Labute approximate surface area is 212 Å². The maximum atomic E-state index is 4.98. The zero-order valence-corrected chi connectivity index (χ0v) is 22.0. The van der Waals surface area contributed by atoms with Gasteiger partial charge in [-0.05, 0) is 78.8 Å². The number of H-pyrrole nitrogens is 1. The number of imidazole rings is 1. The number of thiophene rings is 1. The van der Waals surface area contributed by atoms with Crippen molar-refractivity contribution in [2.24, 2.45) is 0 Å². The van der Waals surface area contributed by atoms with Crippen LogP contribution in [0.15, 0.2) is 54.2 Å². The van der Waals surface area contributed by atoms with Gasteiger partial charge in [0.15, 0.2) is 0 Å². The molecule has 2 aromatic heterocycles. The number of aromatic amines is 1. The van der Waals surface area contributed by atoms with Crippen molar-refractivity contribution in [2.45, 2.75) is 65.7 Å². The van der Waals surface area contributed by atoms with Crippen LogP contribution in [0.2, 0.25) is 0 Å². The van der Waals surface area contributed by atoms with Gasteiger partial charge in [-0.1, -0.05) is 51.6 Å². The molecule has 0 unspecified atom stereocenters. The summed E-state index contributed by atoms with van der Waals surface area (Å²) < 4.78 is 1.42. The number of fused-ring (bicyclic) bond motifs is 6. The first kappa shape index (κ1) is 22.4. The Morgan fingerprint density at radius 2 is 1.91 bits per heavy atom. The van der Waals surface area contributed by atoms with Crippen molar-refractivity contribution in [1.29, 1.82) is 0 Å². The van der Waals surface area contributed by atoms with Gasteiger partial charge in [-0.25, -0.2) is 4.98 Å². The van der Waals surface area contributed by atoms with Gasteiger partial charge >= 0.3 is 0 Å². The predicted molar refractivity (Wildman–Crippen MR) is 150 cm³/mol. The van der Waals surface area contributed by atoms with Crippen LogP contribution < -0.4 is 5.32 Å². The fourth-order valence-electron chi connectivity index (χ4n) is 5.44. The highest BCUT2D eigenvalue weighted by Crippen LogP contribution is 2.43. The highest BCUT2D eigenvalue weighted by molar-refractivity contribution is 7.22. The minimum atomic E-state index is 0.416. The topological polar surface area (TPSA) is 40.7 Å². The van der Waals surface area contributed by atoms with Crippen LogP contribution in [0.25, 0.3) is 37.5 Å². The van der Waals surface area contributed by atoms with Crippen molar-refractivity contribution >= 4 is 27.1 Å². The molecule has 2 N–H and O–H groups in total. The van der Waals surface area contributed by atoms with Crippen LogP contribution in [-0.4, -0.2) is 9.97 Å². The van der Waals surface area contributed by atoms with Gasteiger partial charge in [0, 0.05) is 43.7 Å². The molecule has 2 aliphatic carbocycles. The van der Waals surface area contributed by atoms with E-state index in [1.54, 1.807) is 0 Å². The van der Waals surface area contributed by atoms with Crippen LogP contribution in [0, 0.1) is 0 Å². The Balaban J connectivity index is 1.39. The third-order valence-electron chi connectivity index (χ3n) is 7.60. The lowest BCUT2D eigenvalue weighted by atomic mass is 9.88. The Morgan fingerprint density at radius 3 is 2.71 bits per heavy atom. The summed E-state index contributed by atoms with van der Waals surface area (Å²) in [5, 5.41) is 4.93. The molecule has 2 aromatic carbocycles. The summed E-state index contributed by atoms with van der Waals surface area (Å²) in [7, 11) is 0. The van der Waals surface area contributed by atoms with Gasteiger partial charge in [0.2, 0.25) is 0 Å². The lowest BCUT2D eigenvalue weighted by Gasteiger charge is -2.24. The third kappa shape index (κ3) is 3.75. The molecule has 4 heteroatoms. The number of aryl methyl sites for hydroxylation is 3. The number of benzene rings is 2. The normalized spacial score (nSPS) is 14.8. The lowest BCUT2D eigenvalue weighted by Crippen LogP contribution is -2.17. The molecule has 0 fully saturated rings. The van der Waals surface area contributed by atoms with E-state index < -0.39 is 0 Å². The minimum Gasteiger partial charge on any atom is -0.359 e. The fraction of sp³-hybridized carbons (Fsp3) is 0.323. The molecule has 0 saturated carbocycles. The minimum absolute atomic E-state index is 0.416. The number of nitrogens with one attached hydrogen (secondary N) is 2. The van der Waals surface area contributed by atoms with Crippen molar-refractivity contribution in [3.8, 4) is 21.7 Å². The van der Waals surface area contributed by atoms with Crippen molar-refractivity contribution < 1.29 is 0 Å². The van der Waals surface area contributed by atoms with Gasteiger partial charge in [-0.2, -0.15) is 0 Å². The van der Waals surface area contributed by atoms with E-state index in [1.807, 2.05) is 11.3 Å². The van der Waals surface area contributed by atoms with Gasteiger partial charge in [-0.15, -0.1) is 11.3 Å². The highest BCUT2D eigenvalue weighted by Gasteiger charge is 2.24. The average molecular weight is 480 g/mol. The first-order valence-corrected chi connectivity index (χ1v) is 13.7. The van der Waals surface area contributed by atoms with Crippen LogP contribution in [0.1, 0.15) is 74.7 Å². The van der Waals surface area contributed by atoms with Crippen LogP contribution >= 0.6 is 11.3 Å². The summed E-state index contributed by atoms with van der Waals surface area (Å²) in [5.74, 6) is 1.52. The highest BCUT2D eigenvalue weighted by atomic mass is 32.1. The second kappa shape index (κ2) is 8.53. The van der Waals surface area contributed by atoms with Gasteiger partial charge in [-0.3, -0.25) is 0 Å². The first-order valence-electron chi connectivity index (χ1n) is 12.9. The van der Waals surface area contributed by atoms with Crippen molar-refractivity contribution in [2.75, 3.05) is 0 Å². The van der Waals surface area contributed by atoms with E-state index in [4.69, 9.17) is 4.98 Å². The maximum absolute atomic E-state index is 4.98. The number of hydrogen-bond acceptors (Lipinski definition) is 3. The zero-order valence-electron chi connectivity index (χ0n) is 21.1. The summed E-state index contributed by atoms with van der Waals surface area (Å²) in [6, 6.07) is 14.0. The number of hydrogen-bond donors (Lipinski definition) is 2. The quantitative estimate of drug-likeness (QED) is 0.302. The molecule has 2 heterocycles. The smallest absolute Gasteiger partial charge is 0.109 e. The Morgan fingerprint density at radius 1 is 1.09 bits per heavy atom. The van der Waals surface area contributed by atoms with E-state index in [2.05, 4.69) is 81.0 Å². The molecule has 4 aromatic rings. The molecule has 0 saturated heterocycles. The van der Waals surface area contributed by atoms with Gasteiger partial charge in [0.25, 0.3) is 0 Å². The van der Waals surface area contributed by atoms with Gasteiger partial charge in [0.05, 0.1) is 5.69 Å². The lowest BCUT2D eigenvalue weighted by molar-refractivity contribution is 0.787. The van der Waals surface area contributed by atoms with E-state index in [0.717, 1.165) is 49.3 Å². The van der Waals surface area contributed by atoms with Crippen LogP contribution in [0.5, 0.6) is 0 Å². The molecule has 0 amide bonds. The average Bonchev–Trinajstić information content (AvgIpc) is 3.50. The first-order chi connectivity index (χ1) is 16.9.